The van der Waals surface area contributed by atoms with E-state index in [4.69, 9.17) is 0 Å². The molecule has 2 aromatic rings. The predicted molar refractivity (Wildman–Crippen MR) is 82.4 cm³/mol. The lowest BCUT2D eigenvalue weighted by atomic mass is 10.2. The number of benzene rings is 1. The van der Waals surface area contributed by atoms with Gasteiger partial charge >= 0.3 is 5.97 Å². The first kappa shape index (κ1) is 15.2. The number of esters is 1. The minimum atomic E-state index is -0.488. The fourth-order valence-electron chi connectivity index (χ4n) is 1.72. The molecule has 0 spiro atoms. The molecular formula is C15H13BrN2O3. The van der Waals surface area contributed by atoms with E-state index in [2.05, 4.69) is 31.0 Å². The summed E-state index contributed by atoms with van der Waals surface area (Å²) in [5.41, 5.74) is 2.17. The molecule has 1 heterocycles. The zero-order chi connectivity index (χ0) is 15.4. The van der Waals surface area contributed by atoms with Gasteiger partial charge in [-0.3, -0.25) is 9.78 Å². The molecule has 0 radical (unpaired) electrons. The van der Waals surface area contributed by atoms with Gasteiger partial charge in [0.15, 0.2) is 0 Å². The molecule has 1 amide bonds. The second kappa shape index (κ2) is 6.49. The number of ether oxygens (including phenoxy) is 1. The molecule has 0 unspecified atom stereocenters. The summed E-state index contributed by atoms with van der Waals surface area (Å²) < 4.78 is 5.52. The second-order valence-corrected chi connectivity index (χ2v) is 5.25. The van der Waals surface area contributed by atoms with Gasteiger partial charge in [0.25, 0.3) is 5.91 Å². The van der Waals surface area contributed by atoms with Crippen LogP contribution in [0.1, 0.15) is 26.4 Å². The number of nitrogens with one attached hydrogen (secondary N) is 1. The molecule has 0 atom stereocenters. The van der Waals surface area contributed by atoms with Crippen molar-refractivity contribution in [2.45, 2.75) is 6.92 Å². The van der Waals surface area contributed by atoms with Gasteiger partial charge in [-0.1, -0.05) is 15.9 Å². The van der Waals surface area contributed by atoms with E-state index >= 15 is 0 Å². The predicted octanol–water partition coefficient (Wildman–Crippen LogP) is 3.19. The molecular weight excluding hydrogens is 336 g/mol. The maximum absolute atomic E-state index is 12.1. The number of carbonyl (C=O) groups excluding carboxylic acids is 2. The molecule has 2 rings (SSSR count). The largest absolute Gasteiger partial charge is 0.465 e. The molecule has 21 heavy (non-hydrogen) atoms. The Bertz CT molecular complexity index is 684. The highest BCUT2D eigenvalue weighted by molar-refractivity contribution is 9.10. The summed E-state index contributed by atoms with van der Waals surface area (Å²) in [6.45, 7) is 1.90. The third-order valence-electron chi connectivity index (χ3n) is 2.85. The van der Waals surface area contributed by atoms with E-state index in [0.717, 1.165) is 10.0 Å². The summed E-state index contributed by atoms with van der Waals surface area (Å²) >= 11 is 3.37. The van der Waals surface area contributed by atoms with Crippen molar-refractivity contribution >= 4 is 33.5 Å². The normalized spacial score (nSPS) is 10.0. The minimum absolute atomic E-state index is 0.227. The lowest BCUT2D eigenvalue weighted by Crippen LogP contribution is -2.15. The van der Waals surface area contributed by atoms with E-state index in [1.165, 1.54) is 25.4 Å². The summed E-state index contributed by atoms with van der Waals surface area (Å²) in [4.78, 5) is 27.4. The molecule has 0 aliphatic rings. The SMILES string of the molecule is COC(=O)c1ccc(C(=O)Nc2ccc(Br)cc2C)nc1. The van der Waals surface area contributed by atoms with Crippen LogP contribution in [0.2, 0.25) is 0 Å². The first-order chi connectivity index (χ1) is 10.0. The number of hydrogen-bond acceptors (Lipinski definition) is 4. The van der Waals surface area contributed by atoms with Gasteiger partial charge in [0.05, 0.1) is 12.7 Å². The number of hydrogen-bond donors (Lipinski definition) is 1. The van der Waals surface area contributed by atoms with Crippen LogP contribution in [-0.4, -0.2) is 24.0 Å². The van der Waals surface area contributed by atoms with Crippen LogP contribution in [0.4, 0.5) is 5.69 Å². The topological polar surface area (TPSA) is 68.3 Å². The molecule has 0 aliphatic heterocycles. The monoisotopic (exact) mass is 348 g/mol. The van der Waals surface area contributed by atoms with Crippen LogP contribution in [0.5, 0.6) is 0 Å². The van der Waals surface area contributed by atoms with E-state index in [-0.39, 0.29) is 11.6 Å². The molecule has 6 heteroatoms. The number of aromatic nitrogens is 1. The third kappa shape index (κ3) is 3.66. The second-order valence-electron chi connectivity index (χ2n) is 4.34. The number of rotatable bonds is 3. The first-order valence-electron chi connectivity index (χ1n) is 6.13. The zero-order valence-corrected chi connectivity index (χ0v) is 13.1. The van der Waals surface area contributed by atoms with Crippen LogP contribution in [0.25, 0.3) is 0 Å². The summed E-state index contributed by atoms with van der Waals surface area (Å²) in [5, 5.41) is 2.78. The Hall–Kier alpha value is -2.21. The number of carbonyl (C=O) groups is 2. The number of anilines is 1. The Labute approximate surface area is 130 Å². The number of nitrogens with zero attached hydrogens (tertiary/aromatic N) is 1. The van der Waals surface area contributed by atoms with Crippen molar-refractivity contribution in [3.8, 4) is 0 Å². The molecule has 108 valence electrons. The highest BCUT2D eigenvalue weighted by atomic mass is 79.9. The van der Waals surface area contributed by atoms with E-state index in [1.54, 1.807) is 6.07 Å². The first-order valence-corrected chi connectivity index (χ1v) is 6.92. The number of aryl methyl sites for hydroxylation is 1. The minimum Gasteiger partial charge on any atom is -0.465 e. The van der Waals surface area contributed by atoms with Gasteiger partial charge in [-0.2, -0.15) is 0 Å². The van der Waals surface area contributed by atoms with E-state index in [1.807, 2.05) is 19.1 Å². The Morgan fingerprint density at radius 1 is 1.24 bits per heavy atom. The zero-order valence-electron chi connectivity index (χ0n) is 11.5. The standard InChI is InChI=1S/C15H13BrN2O3/c1-9-7-11(16)4-6-12(9)18-14(19)13-5-3-10(8-17-13)15(20)21-2/h3-8H,1-2H3,(H,18,19). The van der Waals surface area contributed by atoms with Crippen molar-refractivity contribution in [3.63, 3.8) is 0 Å². The average molecular weight is 349 g/mol. The number of amides is 1. The van der Waals surface area contributed by atoms with Gasteiger partial charge in [0.2, 0.25) is 0 Å². The molecule has 0 fully saturated rings. The summed E-state index contributed by atoms with van der Waals surface area (Å²) in [7, 11) is 1.29. The van der Waals surface area contributed by atoms with Gasteiger partial charge in [0, 0.05) is 16.4 Å². The average Bonchev–Trinajstić information content (AvgIpc) is 2.49. The smallest absolute Gasteiger partial charge is 0.339 e. The number of pyridine rings is 1. The summed E-state index contributed by atoms with van der Waals surface area (Å²) in [6.07, 6.45) is 1.31. The summed E-state index contributed by atoms with van der Waals surface area (Å²) in [6, 6.07) is 8.54. The molecule has 1 N–H and O–H groups in total. The van der Waals surface area contributed by atoms with Crippen LogP contribution in [0, 0.1) is 6.92 Å². The third-order valence-corrected chi connectivity index (χ3v) is 3.35. The van der Waals surface area contributed by atoms with Crippen molar-refractivity contribution in [2.24, 2.45) is 0 Å². The molecule has 0 bridgehead atoms. The molecule has 1 aromatic carbocycles. The van der Waals surface area contributed by atoms with Crippen molar-refractivity contribution in [1.82, 2.24) is 4.98 Å². The van der Waals surface area contributed by atoms with Crippen molar-refractivity contribution in [3.05, 3.63) is 57.8 Å². The van der Waals surface area contributed by atoms with E-state index < -0.39 is 5.97 Å². The van der Waals surface area contributed by atoms with Gasteiger partial charge in [-0.25, -0.2) is 4.79 Å². The van der Waals surface area contributed by atoms with Crippen LogP contribution in [0.15, 0.2) is 41.0 Å². The highest BCUT2D eigenvalue weighted by Crippen LogP contribution is 2.20. The number of halogens is 1. The van der Waals surface area contributed by atoms with E-state index in [9.17, 15) is 9.59 Å². The van der Waals surface area contributed by atoms with Gasteiger partial charge < -0.3 is 10.1 Å². The lowest BCUT2D eigenvalue weighted by Gasteiger charge is -2.08. The van der Waals surface area contributed by atoms with Crippen LogP contribution >= 0.6 is 15.9 Å². The molecule has 0 saturated carbocycles. The fraction of sp³-hybridized carbons (Fsp3) is 0.133. The van der Waals surface area contributed by atoms with E-state index in [0.29, 0.717) is 11.3 Å². The Morgan fingerprint density at radius 3 is 2.57 bits per heavy atom. The van der Waals surface area contributed by atoms with Crippen LogP contribution in [0.3, 0.4) is 0 Å². The highest BCUT2D eigenvalue weighted by Gasteiger charge is 2.11. The van der Waals surface area contributed by atoms with Crippen LogP contribution in [-0.2, 0) is 4.74 Å². The Morgan fingerprint density at radius 2 is 2.00 bits per heavy atom. The van der Waals surface area contributed by atoms with Crippen molar-refractivity contribution in [1.29, 1.82) is 0 Å². The summed E-state index contributed by atoms with van der Waals surface area (Å²) in [5.74, 6) is -0.824. The molecule has 1 aromatic heterocycles. The van der Waals surface area contributed by atoms with Gasteiger partial charge in [-0.15, -0.1) is 0 Å². The van der Waals surface area contributed by atoms with Crippen molar-refractivity contribution < 1.29 is 14.3 Å². The number of methoxy groups -OCH3 is 1. The van der Waals surface area contributed by atoms with Gasteiger partial charge in [-0.05, 0) is 42.8 Å². The lowest BCUT2D eigenvalue weighted by molar-refractivity contribution is 0.0600. The Balaban J connectivity index is 2.15. The maximum atomic E-state index is 12.1. The van der Waals surface area contributed by atoms with Crippen LogP contribution < -0.4 is 5.32 Å². The quantitative estimate of drug-likeness (QED) is 0.865. The fourth-order valence-corrected chi connectivity index (χ4v) is 2.20. The van der Waals surface area contributed by atoms with Gasteiger partial charge in [0.1, 0.15) is 5.69 Å². The molecule has 5 nitrogen and oxygen atoms in total. The maximum Gasteiger partial charge on any atom is 0.339 e. The Kier molecular flexibility index (Phi) is 4.70. The molecule has 0 aliphatic carbocycles. The van der Waals surface area contributed by atoms with Crippen molar-refractivity contribution in [2.75, 3.05) is 12.4 Å². The molecule has 0 saturated heterocycles.